The molecule has 0 saturated carbocycles. The van der Waals surface area contributed by atoms with Gasteiger partial charge in [0.15, 0.2) is 0 Å². The van der Waals surface area contributed by atoms with Crippen LogP contribution in [-0.4, -0.2) is 17.9 Å². The van der Waals surface area contributed by atoms with E-state index >= 15 is 0 Å². The van der Waals surface area contributed by atoms with Gasteiger partial charge in [-0.15, -0.1) is 0 Å². The Bertz CT molecular complexity index is 931. The van der Waals surface area contributed by atoms with Crippen molar-refractivity contribution in [3.05, 3.63) is 81.6 Å². The summed E-state index contributed by atoms with van der Waals surface area (Å²) in [7, 11) is 1.68. The molecule has 0 aliphatic heterocycles. The van der Waals surface area contributed by atoms with E-state index in [-0.39, 0.29) is 0 Å². The topological polar surface area (TPSA) is 38.5 Å². The number of aryl methyl sites for hydroxylation is 1. The van der Waals surface area contributed by atoms with Gasteiger partial charge in [0.1, 0.15) is 5.75 Å². The minimum absolute atomic E-state index is 0.615. The van der Waals surface area contributed by atoms with Gasteiger partial charge in [0.25, 0.3) is 0 Å². The number of para-hydroxylation sites is 2. The van der Waals surface area contributed by atoms with Gasteiger partial charge in [-0.1, -0.05) is 30.3 Å². The molecule has 0 unspecified atom stereocenters. The summed E-state index contributed by atoms with van der Waals surface area (Å²) in [6.45, 7) is 4.82. The van der Waals surface area contributed by atoms with E-state index in [1.807, 2.05) is 42.6 Å². The summed E-state index contributed by atoms with van der Waals surface area (Å²) in [6.07, 6.45) is 1.87. The van der Waals surface area contributed by atoms with Gasteiger partial charge in [-0.2, -0.15) is 5.10 Å². The van der Waals surface area contributed by atoms with E-state index in [0.29, 0.717) is 6.54 Å². The maximum Gasteiger partial charge on any atom is 0.123 e. The number of benzene rings is 2. The number of aromatic nitrogens is 1. The van der Waals surface area contributed by atoms with E-state index in [2.05, 4.69) is 63.1 Å². The largest absolute Gasteiger partial charge is 0.496 e. The first-order valence-electron chi connectivity index (χ1n) is 8.43. The molecule has 5 heteroatoms. The molecule has 3 rings (SSSR count). The number of hydrogen-bond donors (Lipinski definition) is 1. The van der Waals surface area contributed by atoms with Crippen molar-refractivity contribution in [3.63, 3.8) is 0 Å². The van der Waals surface area contributed by atoms with E-state index < -0.39 is 0 Å². The lowest BCUT2D eigenvalue weighted by Crippen LogP contribution is -2.07. The molecule has 2 aromatic carbocycles. The summed E-state index contributed by atoms with van der Waals surface area (Å²) in [5, 5.41) is 4.39. The van der Waals surface area contributed by atoms with Crippen LogP contribution in [-0.2, 0) is 6.54 Å². The molecule has 0 radical (unpaired) electrons. The zero-order chi connectivity index (χ0) is 18.5. The lowest BCUT2D eigenvalue weighted by molar-refractivity contribution is 0.408. The highest BCUT2D eigenvalue weighted by Gasteiger charge is 2.11. The van der Waals surface area contributed by atoms with Crippen molar-refractivity contribution in [2.75, 3.05) is 7.11 Å². The predicted molar refractivity (Wildman–Crippen MR) is 110 cm³/mol. The number of hydrazone groups is 1. The molecular formula is C21H22BrN3O. The molecule has 134 valence electrons. The van der Waals surface area contributed by atoms with Gasteiger partial charge in [-0.3, -0.25) is 0 Å². The van der Waals surface area contributed by atoms with Crippen molar-refractivity contribution in [2.24, 2.45) is 5.10 Å². The van der Waals surface area contributed by atoms with Gasteiger partial charge in [0.05, 0.1) is 25.6 Å². The summed E-state index contributed by atoms with van der Waals surface area (Å²) < 4.78 is 8.66. The average Bonchev–Trinajstić information content (AvgIpc) is 2.93. The van der Waals surface area contributed by atoms with E-state index in [1.165, 1.54) is 5.69 Å². The van der Waals surface area contributed by atoms with Crippen LogP contribution in [0.25, 0.3) is 5.69 Å². The number of nitrogens with zero attached hydrogens (tertiary/aromatic N) is 2. The highest BCUT2D eigenvalue weighted by Crippen LogP contribution is 2.26. The van der Waals surface area contributed by atoms with E-state index in [9.17, 15) is 0 Å². The second-order valence-electron chi connectivity index (χ2n) is 6.02. The fourth-order valence-electron chi connectivity index (χ4n) is 3.02. The van der Waals surface area contributed by atoms with Gasteiger partial charge in [0.2, 0.25) is 0 Å². The lowest BCUT2D eigenvalue weighted by Gasteiger charge is -2.11. The fraction of sp³-hybridized carbons (Fsp3) is 0.190. The Kier molecular flexibility index (Phi) is 5.78. The molecule has 4 nitrogen and oxygen atoms in total. The average molecular weight is 412 g/mol. The molecular weight excluding hydrogens is 390 g/mol. The summed E-state index contributed by atoms with van der Waals surface area (Å²) in [4.78, 5) is 0. The minimum atomic E-state index is 0.615. The molecule has 0 atom stereocenters. The quantitative estimate of drug-likeness (QED) is 0.458. The summed E-state index contributed by atoms with van der Waals surface area (Å²) in [5.74, 6) is 0.863. The Morgan fingerprint density at radius 1 is 1.12 bits per heavy atom. The maximum atomic E-state index is 5.36. The molecule has 26 heavy (non-hydrogen) atoms. The van der Waals surface area contributed by atoms with Crippen molar-refractivity contribution in [1.82, 2.24) is 9.99 Å². The Balaban J connectivity index is 1.76. The van der Waals surface area contributed by atoms with Crippen LogP contribution in [0.2, 0.25) is 0 Å². The summed E-state index contributed by atoms with van der Waals surface area (Å²) in [6, 6.07) is 18.3. The highest BCUT2D eigenvalue weighted by atomic mass is 79.9. The van der Waals surface area contributed by atoms with E-state index in [4.69, 9.17) is 4.74 Å². The molecule has 1 N–H and O–H groups in total. The molecule has 0 spiro atoms. The summed E-state index contributed by atoms with van der Waals surface area (Å²) in [5.41, 5.74) is 8.71. The molecule has 3 aromatic rings. The smallest absolute Gasteiger partial charge is 0.123 e. The van der Waals surface area contributed by atoms with Crippen LogP contribution in [0.4, 0.5) is 0 Å². The predicted octanol–water partition coefficient (Wildman–Crippen LogP) is 4.99. The van der Waals surface area contributed by atoms with Gasteiger partial charge in [-0.25, -0.2) is 0 Å². The normalized spacial score (nSPS) is 11.1. The van der Waals surface area contributed by atoms with Crippen molar-refractivity contribution >= 4 is 22.1 Å². The van der Waals surface area contributed by atoms with Crippen molar-refractivity contribution in [2.45, 2.75) is 20.4 Å². The first kappa shape index (κ1) is 18.3. The highest BCUT2D eigenvalue weighted by molar-refractivity contribution is 9.10. The number of methoxy groups -OCH3 is 1. The molecule has 1 heterocycles. The standard InChI is InChI=1S/C21H22BrN3O/c1-15-12-18(16(2)25(15)20-10-6-5-9-19(20)22)14-24-23-13-17-8-4-7-11-21(17)26-3/h4-12,14,23H,13H2,1-3H3/b24-14+. The third-order valence-corrected chi connectivity index (χ3v) is 4.99. The molecule has 1 aromatic heterocycles. The molecule has 0 amide bonds. The number of nitrogens with one attached hydrogen (secondary N) is 1. The Labute approximate surface area is 162 Å². The van der Waals surface area contributed by atoms with E-state index in [1.54, 1.807) is 7.11 Å². The second-order valence-corrected chi connectivity index (χ2v) is 6.87. The van der Waals surface area contributed by atoms with Gasteiger partial charge in [-0.05, 0) is 54.0 Å². The molecule has 0 aliphatic carbocycles. The summed E-state index contributed by atoms with van der Waals surface area (Å²) >= 11 is 3.64. The molecule has 0 saturated heterocycles. The van der Waals surface area contributed by atoms with Crippen LogP contribution >= 0.6 is 15.9 Å². The van der Waals surface area contributed by atoms with Gasteiger partial charge in [0, 0.05) is 27.0 Å². The third kappa shape index (κ3) is 3.83. The zero-order valence-corrected chi connectivity index (χ0v) is 16.7. The minimum Gasteiger partial charge on any atom is -0.496 e. The molecule has 0 bridgehead atoms. The van der Waals surface area contributed by atoms with Gasteiger partial charge >= 0.3 is 0 Å². The monoisotopic (exact) mass is 411 g/mol. The lowest BCUT2D eigenvalue weighted by atomic mass is 10.2. The number of rotatable bonds is 6. The third-order valence-electron chi connectivity index (χ3n) is 4.32. The van der Waals surface area contributed by atoms with Crippen molar-refractivity contribution in [1.29, 1.82) is 0 Å². The Hall–Kier alpha value is -2.53. The van der Waals surface area contributed by atoms with Crippen LogP contribution < -0.4 is 10.2 Å². The maximum absolute atomic E-state index is 5.36. The SMILES string of the molecule is COc1ccccc1CN/N=C/c1cc(C)n(-c2ccccc2Br)c1C. The number of ether oxygens (including phenoxy) is 1. The van der Waals surface area contributed by atoms with Crippen LogP contribution in [0.5, 0.6) is 5.75 Å². The zero-order valence-electron chi connectivity index (χ0n) is 15.2. The fourth-order valence-corrected chi connectivity index (χ4v) is 3.48. The van der Waals surface area contributed by atoms with Crippen LogP contribution in [0, 0.1) is 13.8 Å². The first-order chi connectivity index (χ1) is 12.6. The number of halogens is 1. The number of hydrogen-bond acceptors (Lipinski definition) is 3. The van der Waals surface area contributed by atoms with Gasteiger partial charge < -0.3 is 14.7 Å². The molecule has 0 aliphatic rings. The Morgan fingerprint density at radius 2 is 1.85 bits per heavy atom. The second kappa shape index (κ2) is 8.23. The van der Waals surface area contributed by atoms with Crippen molar-refractivity contribution < 1.29 is 4.74 Å². The Morgan fingerprint density at radius 3 is 2.62 bits per heavy atom. The van der Waals surface area contributed by atoms with Crippen LogP contribution in [0.3, 0.4) is 0 Å². The first-order valence-corrected chi connectivity index (χ1v) is 9.22. The molecule has 0 fully saturated rings. The van der Waals surface area contributed by atoms with Crippen molar-refractivity contribution in [3.8, 4) is 11.4 Å². The van der Waals surface area contributed by atoms with Crippen LogP contribution in [0.15, 0.2) is 64.2 Å². The van der Waals surface area contributed by atoms with Crippen LogP contribution in [0.1, 0.15) is 22.5 Å². The van der Waals surface area contributed by atoms with E-state index in [0.717, 1.165) is 32.7 Å².